The molecule has 0 fully saturated rings. The Balaban J connectivity index is 1.80. The molecule has 120 valence electrons. The van der Waals surface area contributed by atoms with Gasteiger partial charge in [0, 0.05) is 22.7 Å². The number of anilines is 1. The number of benzene rings is 1. The Morgan fingerprint density at radius 1 is 1.29 bits per heavy atom. The summed E-state index contributed by atoms with van der Waals surface area (Å²) in [6.45, 7) is 1.80. The first-order valence-electron chi connectivity index (χ1n) is 7.20. The van der Waals surface area contributed by atoms with Crippen LogP contribution in [0.1, 0.15) is 16.1 Å². The van der Waals surface area contributed by atoms with Crippen LogP contribution in [0.3, 0.4) is 0 Å². The van der Waals surface area contributed by atoms with Gasteiger partial charge in [0.2, 0.25) is 0 Å². The van der Waals surface area contributed by atoms with E-state index in [1.54, 1.807) is 29.5 Å². The minimum Gasteiger partial charge on any atom is -0.459 e. The number of halogens is 1. The number of thiazole rings is 1. The number of nitrogens with one attached hydrogen (secondary N) is 1. The maximum Gasteiger partial charge on any atom is 0.292 e. The number of aryl methyl sites for hydroxylation is 1. The summed E-state index contributed by atoms with van der Waals surface area (Å²) in [7, 11) is 0. The molecule has 0 bridgehead atoms. The molecule has 5 nitrogen and oxygen atoms in total. The zero-order valence-electron chi connectivity index (χ0n) is 12.6. The van der Waals surface area contributed by atoms with Crippen LogP contribution in [0.15, 0.2) is 52.6 Å². The molecule has 0 spiro atoms. The predicted octanol–water partition coefficient (Wildman–Crippen LogP) is 4.36. The number of hydrogen-bond acceptors (Lipinski definition) is 4. The summed E-state index contributed by atoms with van der Waals surface area (Å²) in [5, 5.41) is 4.74. The first-order valence-corrected chi connectivity index (χ1v) is 8.08. The molecule has 0 saturated carbocycles. The molecular weight excluding hydrogens is 329 g/mol. The lowest BCUT2D eigenvalue weighted by Gasteiger charge is -2.06. The van der Waals surface area contributed by atoms with Gasteiger partial charge < -0.3 is 9.73 Å². The van der Waals surface area contributed by atoms with E-state index in [9.17, 15) is 9.18 Å². The first-order chi connectivity index (χ1) is 11.6. The topological polar surface area (TPSA) is 59.5 Å². The second-order valence-electron chi connectivity index (χ2n) is 5.26. The van der Waals surface area contributed by atoms with Crippen molar-refractivity contribution in [3.63, 3.8) is 0 Å². The van der Waals surface area contributed by atoms with Crippen molar-refractivity contribution in [2.75, 3.05) is 5.32 Å². The number of amides is 1. The maximum absolute atomic E-state index is 13.2. The van der Waals surface area contributed by atoms with Gasteiger partial charge in [-0.05, 0) is 37.3 Å². The van der Waals surface area contributed by atoms with E-state index in [1.807, 2.05) is 11.6 Å². The highest BCUT2D eigenvalue weighted by Crippen LogP contribution is 2.31. The van der Waals surface area contributed by atoms with Crippen LogP contribution in [-0.4, -0.2) is 15.3 Å². The molecule has 4 aromatic rings. The molecular formula is C17H12FN3O2S. The zero-order valence-corrected chi connectivity index (χ0v) is 13.4. The van der Waals surface area contributed by atoms with Crippen molar-refractivity contribution in [2.45, 2.75) is 6.92 Å². The van der Waals surface area contributed by atoms with Crippen molar-refractivity contribution in [1.29, 1.82) is 0 Å². The van der Waals surface area contributed by atoms with Gasteiger partial charge >= 0.3 is 0 Å². The van der Waals surface area contributed by atoms with Crippen molar-refractivity contribution in [1.82, 2.24) is 9.38 Å². The summed E-state index contributed by atoms with van der Waals surface area (Å²) in [5.74, 6) is 0.106. The van der Waals surface area contributed by atoms with Crippen LogP contribution in [-0.2, 0) is 0 Å². The highest BCUT2D eigenvalue weighted by atomic mass is 32.1. The molecule has 0 aliphatic heterocycles. The molecule has 0 aliphatic rings. The van der Waals surface area contributed by atoms with Crippen LogP contribution in [0.5, 0.6) is 0 Å². The van der Waals surface area contributed by atoms with Crippen molar-refractivity contribution < 1.29 is 13.6 Å². The van der Waals surface area contributed by atoms with E-state index in [4.69, 9.17) is 4.42 Å². The van der Waals surface area contributed by atoms with E-state index in [0.29, 0.717) is 11.5 Å². The van der Waals surface area contributed by atoms with Gasteiger partial charge in [0.05, 0.1) is 6.26 Å². The van der Waals surface area contributed by atoms with E-state index in [0.717, 1.165) is 16.1 Å². The molecule has 4 rings (SSSR count). The van der Waals surface area contributed by atoms with Crippen LogP contribution in [0.25, 0.3) is 16.2 Å². The molecule has 3 aromatic heterocycles. The second kappa shape index (κ2) is 5.61. The number of aromatic nitrogens is 2. The molecule has 24 heavy (non-hydrogen) atoms. The first kappa shape index (κ1) is 14.6. The number of imidazole rings is 1. The Morgan fingerprint density at radius 3 is 2.79 bits per heavy atom. The summed E-state index contributed by atoms with van der Waals surface area (Å²) >= 11 is 1.45. The van der Waals surface area contributed by atoms with E-state index in [2.05, 4.69) is 10.3 Å². The Morgan fingerprint density at radius 2 is 2.08 bits per heavy atom. The van der Waals surface area contributed by atoms with Gasteiger partial charge in [-0.2, -0.15) is 0 Å². The predicted molar refractivity (Wildman–Crippen MR) is 89.9 cm³/mol. The molecule has 0 aliphatic carbocycles. The number of nitrogens with zero attached hydrogens (tertiary/aromatic N) is 2. The fourth-order valence-electron chi connectivity index (χ4n) is 2.48. The summed E-state index contributed by atoms with van der Waals surface area (Å²) < 4.78 is 20.2. The number of hydrogen-bond donors (Lipinski definition) is 1. The standard InChI is InChI=1S/C17H12FN3O2S/c1-10-6-8-23-14(10)16(22)20-15-13(11-2-4-12(18)5-3-11)19-17-21(15)7-9-24-17/h2-9H,1H3,(H,20,22). The van der Waals surface area contributed by atoms with Crippen molar-refractivity contribution in [3.8, 4) is 11.3 Å². The number of carbonyl (C=O) groups excluding carboxylic acids is 1. The number of carbonyl (C=O) groups is 1. The van der Waals surface area contributed by atoms with Crippen LogP contribution < -0.4 is 5.32 Å². The third-order valence-corrected chi connectivity index (χ3v) is 4.44. The van der Waals surface area contributed by atoms with Gasteiger partial charge in [0.1, 0.15) is 17.3 Å². The minimum atomic E-state index is -0.353. The molecule has 0 radical (unpaired) electrons. The van der Waals surface area contributed by atoms with Gasteiger partial charge in [-0.1, -0.05) is 0 Å². The van der Waals surface area contributed by atoms with Gasteiger partial charge in [-0.15, -0.1) is 11.3 Å². The largest absolute Gasteiger partial charge is 0.459 e. The minimum absolute atomic E-state index is 0.255. The second-order valence-corrected chi connectivity index (χ2v) is 6.13. The van der Waals surface area contributed by atoms with E-state index < -0.39 is 0 Å². The van der Waals surface area contributed by atoms with Crippen molar-refractivity contribution >= 4 is 28.0 Å². The Bertz CT molecular complexity index is 1030. The summed E-state index contributed by atoms with van der Waals surface area (Å²) in [5.41, 5.74) is 2.06. The smallest absolute Gasteiger partial charge is 0.292 e. The van der Waals surface area contributed by atoms with Gasteiger partial charge in [0.15, 0.2) is 10.7 Å². The molecule has 0 saturated heterocycles. The molecule has 1 N–H and O–H groups in total. The van der Waals surface area contributed by atoms with E-state index in [1.165, 1.54) is 29.7 Å². The number of furan rings is 1. The zero-order chi connectivity index (χ0) is 16.7. The third kappa shape index (κ3) is 2.39. The molecule has 7 heteroatoms. The summed E-state index contributed by atoms with van der Waals surface area (Å²) in [6.07, 6.45) is 3.30. The molecule has 0 atom stereocenters. The van der Waals surface area contributed by atoms with Gasteiger partial charge in [0.25, 0.3) is 5.91 Å². The lowest BCUT2D eigenvalue weighted by Crippen LogP contribution is -2.14. The molecule has 1 amide bonds. The van der Waals surface area contributed by atoms with Crippen LogP contribution in [0.4, 0.5) is 10.2 Å². The number of fused-ring (bicyclic) bond motifs is 1. The molecule has 0 unspecified atom stereocenters. The monoisotopic (exact) mass is 341 g/mol. The van der Waals surface area contributed by atoms with Gasteiger partial charge in [-0.3, -0.25) is 9.20 Å². The molecule has 1 aromatic carbocycles. The lowest BCUT2D eigenvalue weighted by molar-refractivity contribution is 0.0995. The summed E-state index contributed by atoms with van der Waals surface area (Å²) in [6, 6.07) is 7.73. The van der Waals surface area contributed by atoms with Crippen molar-refractivity contribution in [2.24, 2.45) is 0 Å². The van der Waals surface area contributed by atoms with E-state index >= 15 is 0 Å². The highest BCUT2D eigenvalue weighted by molar-refractivity contribution is 7.15. The Labute approximate surface area is 140 Å². The Hall–Kier alpha value is -2.93. The quantitative estimate of drug-likeness (QED) is 0.602. The van der Waals surface area contributed by atoms with Crippen molar-refractivity contribution in [3.05, 3.63) is 65.3 Å². The maximum atomic E-state index is 13.2. The number of rotatable bonds is 3. The van der Waals surface area contributed by atoms with Crippen LogP contribution >= 0.6 is 11.3 Å². The third-order valence-electron chi connectivity index (χ3n) is 3.68. The Kier molecular flexibility index (Phi) is 3.42. The summed E-state index contributed by atoms with van der Waals surface area (Å²) in [4.78, 5) is 17.8. The molecule has 3 heterocycles. The SMILES string of the molecule is Cc1ccoc1C(=O)Nc1c(-c2ccc(F)cc2)nc2sccn12. The fourth-order valence-corrected chi connectivity index (χ4v) is 3.20. The highest BCUT2D eigenvalue weighted by Gasteiger charge is 2.20. The fraction of sp³-hybridized carbons (Fsp3) is 0.0588. The lowest BCUT2D eigenvalue weighted by atomic mass is 10.1. The van der Waals surface area contributed by atoms with Crippen LogP contribution in [0, 0.1) is 12.7 Å². The average Bonchev–Trinajstić information content (AvgIpc) is 3.26. The van der Waals surface area contributed by atoms with E-state index in [-0.39, 0.29) is 17.5 Å². The normalized spacial score (nSPS) is 11.1. The van der Waals surface area contributed by atoms with Gasteiger partial charge in [-0.25, -0.2) is 9.37 Å². The van der Waals surface area contributed by atoms with Crippen LogP contribution in [0.2, 0.25) is 0 Å². The average molecular weight is 341 g/mol.